The van der Waals surface area contributed by atoms with E-state index < -0.39 is 6.04 Å². The first-order chi connectivity index (χ1) is 11.2. The van der Waals surface area contributed by atoms with Crippen molar-refractivity contribution in [2.45, 2.75) is 32.2 Å². The van der Waals surface area contributed by atoms with Gasteiger partial charge in [-0.3, -0.25) is 14.5 Å². The van der Waals surface area contributed by atoms with Crippen LogP contribution in [0.25, 0.3) is 0 Å². The quantitative estimate of drug-likeness (QED) is 0.921. The summed E-state index contributed by atoms with van der Waals surface area (Å²) in [6.45, 7) is 2.31. The first-order valence-electron chi connectivity index (χ1n) is 7.90. The molecule has 1 atom stereocenters. The molecule has 1 aliphatic heterocycles. The fraction of sp³-hybridized carbons (Fsp3) is 0.333. The maximum absolute atomic E-state index is 12.5. The minimum absolute atomic E-state index is 0.0267. The maximum Gasteiger partial charge on any atom is 0.243 e. The summed E-state index contributed by atoms with van der Waals surface area (Å²) in [6.07, 6.45) is 3.20. The molecule has 0 bridgehead atoms. The Kier molecular flexibility index (Phi) is 4.46. The zero-order valence-electron chi connectivity index (χ0n) is 13.1. The molecule has 0 spiro atoms. The third-order valence-corrected chi connectivity index (χ3v) is 4.10. The zero-order valence-corrected chi connectivity index (χ0v) is 13.1. The summed E-state index contributed by atoms with van der Waals surface area (Å²) in [5.41, 5.74) is 1.89. The van der Waals surface area contributed by atoms with Crippen molar-refractivity contribution in [3.8, 4) is 0 Å². The second-order valence-electron chi connectivity index (χ2n) is 5.59. The van der Waals surface area contributed by atoms with Gasteiger partial charge in [0.05, 0.1) is 6.26 Å². The lowest BCUT2D eigenvalue weighted by molar-refractivity contribution is -0.126. The molecule has 120 valence electrons. The number of hydrogen-bond donors (Lipinski definition) is 1. The largest absolute Gasteiger partial charge is 0.469 e. The van der Waals surface area contributed by atoms with Crippen LogP contribution in [0.3, 0.4) is 0 Å². The summed E-state index contributed by atoms with van der Waals surface area (Å²) >= 11 is 0. The summed E-state index contributed by atoms with van der Waals surface area (Å²) in [4.78, 5) is 26.5. The van der Waals surface area contributed by atoms with Gasteiger partial charge in [0, 0.05) is 31.5 Å². The molecular formula is C18H20N2O3. The number of nitrogens with one attached hydrogen (secondary N) is 1. The van der Waals surface area contributed by atoms with Crippen LogP contribution in [0, 0.1) is 0 Å². The van der Waals surface area contributed by atoms with E-state index in [0.29, 0.717) is 25.8 Å². The molecule has 0 aliphatic carbocycles. The number of para-hydroxylation sites is 1. The average Bonchev–Trinajstić information content (AvgIpc) is 3.21. The molecule has 0 saturated heterocycles. The molecule has 1 N–H and O–H groups in total. The Balaban J connectivity index is 1.68. The van der Waals surface area contributed by atoms with E-state index in [2.05, 4.69) is 5.32 Å². The number of rotatable bonds is 5. The lowest BCUT2D eigenvalue weighted by atomic mass is 10.1. The molecular weight excluding hydrogens is 292 g/mol. The number of amides is 2. The molecule has 5 heteroatoms. The van der Waals surface area contributed by atoms with Crippen molar-refractivity contribution in [1.29, 1.82) is 0 Å². The first kappa shape index (κ1) is 15.3. The normalized spacial score (nSPS) is 16.2. The molecule has 23 heavy (non-hydrogen) atoms. The van der Waals surface area contributed by atoms with Crippen LogP contribution >= 0.6 is 0 Å². The molecule has 0 fully saturated rings. The van der Waals surface area contributed by atoms with E-state index in [1.165, 1.54) is 0 Å². The number of anilines is 1. The molecule has 1 aliphatic rings. The van der Waals surface area contributed by atoms with Crippen molar-refractivity contribution in [1.82, 2.24) is 5.32 Å². The molecule has 2 heterocycles. The highest BCUT2D eigenvalue weighted by Crippen LogP contribution is 2.32. The fourth-order valence-electron chi connectivity index (χ4n) is 2.96. The van der Waals surface area contributed by atoms with Crippen molar-refractivity contribution in [3.05, 3.63) is 54.0 Å². The molecule has 0 radical (unpaired) electrons. The fourth-order valence-corrected chi connectivity index (χ4v) is 2.96. The molecule has 0 unspecified atom stereocenters. The van der Waals surface area contributed by atoms with Crippen LogP contribution in [0.2, 0.25) is 0 Å². The second-order valence-corrected chi connectivity index (χ2v) is 5.59. The summed E-state index contributed by atoms with van der Waals surface area (Å²) in [5.74, 6) is 0.692. The SMILES string of the molecule is CCC(=O)N1c2ccccc2C[C@@H]1C(=O)NCCc1ccco1. The van der Waals surface area contributed by atoms with Gasteiger partial charge in [0.25, 0.3) is 0 Å². The van der Waals surface area contributed by atoms with E-state index in [-0.39, 0.29) is 11.8 Å². The van der Waals surface area contributed by atoms with Crippen molar-refractivity contribution >= 4 is 17.5 Å². The minimum Gasteiger partial charge on any atom is -0.469 e. The predicted octanol–water partition coefficient (Wildman–Crippen LogP) is 2.31. The van der Waals surface area contributed by atoms with E-state index in [0.717, 1.165) is 17.0 Å². The van der Waals surface area contributed by atoms with E-state index >= 15 is 0 Å². The van der Waals surface area contributed by atoms with Gasteiger partial charge < -0.3 is 9.73 Å². The summed E-state index contributed by atoms with van der Waals surface area (Å²) in [5, 5.41) is 2.91. The van der Waals surface area contributed by atoms with Gasteiger partial charge in [0.15, 0.2) is 0 Å². The van der Waals surface area contributed by atoms with Gasteiger partial charge >= 0.3 is 0 Å². The van der Waals surface area contributed by atoms with Crippen LogP contribution < -0.4 is 10.2 Å². The first-order valence-corrected chi connectivity index (χ1v) is 7.90. The highest BCUT2D eigenvalue weighted by molar-refractivity contribution is 6.03. The molecule has 0 saturated carbocycles. The standard InChI is InChI=1S/C18H20N2O3/c1-2-17(21)20-15-8-4-3-6-13(15)12-16(20)18(22)19-10-9-14-7-5-11-23-14/h3-8,11,16H,2,9-10,12H2,1H3,(H,19,22)/t16-/m1/s1. The van der Waals surface area contributed by atoms with Gasteiger partial charge in [-0.25, -0.2) is 0 Å². The maximum atomic E-state index is 12.5. The topological polar surface area (TPSA) is 62.6 Å². The lowest BCUT2D eigenvalue weighted by Crippen LogP contribution is -2.48. The van der Waals surface area contributed by atoms with E-state index in [1.807, 2.05) is 43.3 Å². The van der Waals surface area contributed by atoms with Crippen molar-refractivity contribution < 1.29 is 14.0 Å². The molecule has 2 amide bonds. The summed E-state index contributed by atoms with van der Waals surface area (Å²) in [6, 6.07) is 10.9. The number of benzene rings is 1. The second kappa shape index (κ2) is 6.69. The summed E-state index contributed by atoms with van der Waals surface area (Å²) in [7, 11) is 0. The number of hydrogen-bond acceptors (Lipinski definition) is 3. The number of furan rings is 1. The number of carbonyl (C=O) groups excluding carboxylic acids is 2. The molecule has 1 aromatic carbocycles. The Morgan fingerprint density at radius 2 is 2.09 bits per heavy atom. The van der Waals surface area contributed by atoms with Crippen LogP contribution in [0.15, 0.2) is 47.1 Å². The van der Waals surface area contributed by atoms with Gasteiger partial charge in [-0.2, -0.15) is 0 Å². The minimum atomic E-state index is -0.462. The van der Waals surface area contributed by atoms with Crippen LogP contribution in [0.1, 0.15) is 24.7 Å². The average molecular weight is 312 g/mol. The van der Waals surface area contributed by atoms with Crippen molar-refractivity contribution in [3.63, 3.8) is 0 Å². The van der Waals surface area contributed by atoms with E-state index in [1.54, 1.807) is 11.2 Å². The van der Waals surface area contributed by atoms with Crippen molar-refractivity contribution in [2.75, 3.05) is 11.4 Å². The van der Waals surface area contributed by atoms with Crippen LogP contribution in [-0.4, -0.2) is 24.4 Å². The third-order valence-electron chi connectivity index (χ3n) is 4.10. The van der Waals surface area contributed by atoms with Gasteiger partial charge in [-0.05, 0) is 23.8 Å². The van der Waals surface area contributed by atoms with E-state index in [9.17, 15) is 9.59 Å². The zero-order chi connectivity index (χ0) is 16.2. The molecule has 3 rings (SSSR count). The number of carbonyl (C=O) groups is 2. The molecule has 5 nitrogen and oxygen atoms in total. The van der Waals surface area contributed by atoms with Crippen LogP contribution in [0.5, 0.6) is 0 Å². The van der Waals surface area contributed by atoms with Crippen LogP contribution in [0.4, 0.5) is 5.69 Å². The van der Waals surface area contributed by atoms with Gasteiger partial charge in [-0.1, -0.05) is 25.1 Å². The van der Waals surface area contributed by atoms with Crippen molar-refractivity contribution in [2.24, 2.45) is 0 Å². The van der Waals surface area contributed by atoms with Crippen LogP contribution in [-0.2, 0) is 22.4 Å². The Labute approximate surface area is 135 Å². The Morgan fingerprint density at radius 1 is 1.26 bits per heavy atom. The third kappa shape index (κ3) is 3.13. The Morgan fingerprint density at radius 3 is 2.83 bits per heavy atom. The monoisotopic (exact) mass is 312 g/mol. The van der Waals surface area contributed by atoms with E-state index in [4.69, 9.17) is 4.42 Å². The lowest BCUT2D eigenvalue weighted by Gasteiger charge is -2.24. The molecule has 2 aromatic rings. The highest BCUT2D eigenvalue weighted by atomic mass is 16.3. The Bertz CT molecular complexity index is 694. The van der Waals surface area contributed by atoms with Gasteiger partial charge in [0.1, 0.15) is 11.8 Å². The predicted molar refractivity (Wildman–Crippen MR) is 87.1 cm³/mol. The molecule has 1 aromatic heterocycles. The highest BCUT2D eigenvalue weighted by Gasteiger charge is 2.37. The Hall–Kier alpha value is -2.56. The number of fused-ring (bicyclic) bond motifs is 1. The number of nitrogens with zero attached hydrogens (tertiary/aromatic N) is 1. The van der Waals surface area contributed by atoms with Gasteiger partial charge in [-0.15, -0.1) is 0 Å². The smallest absolute Gasteiger partial charge is 0.243 e. The summed E-state index contributed by atoms with van der Waals surface area (Å²) < 4.78 is 5.25. The van der Waals surface area contributed by atoms with Gasteiger partial charge in [0.2, 0.25) is 11.8 Å².